The summed E-state index contributed by atoms with van der Waals surface area (Å²) in [6.07, 6.45) is 7.14. The van der Waals surface area contributed by atoms with Crippen molar-refractivity contribution in [2.75, 3.05) is 6.54 Å². The highest BCUT2D eigenvalue weighted by atomic mass is 14.9. The molecule has 0 aliphatic carbocycles. The molecule has 0 saturated carbocycles. The van der Waals surface area contributed by atoms with Crippen LogP contribution < -0.4 is 5.32 Å². The zero-order valence-electron chi connectivity index (χ0n) is 9.59. The Kier molecular flexibility index (Phi) is 4.93. The summed E-state index contributed by atoms with van der Waals surface area (Å²) in [4.78, 5) is 0. The highest BCUT2D eigenvalue weighted by molar-refractivity contribution is 5.25. The first-order valence-electron chi connectivity index (χ1n) is 5.51. The number of hydrogen-bond acceptors (Lipinski definition) is 1. The quantitative estimate of drug-likeness (QED) is 0.722. The van der Waals surface area contributed by atoms with Crippen LogP contribution in [0.1, 0.15) is 36.9 Å². The van der Waals surface area contributed by atoms with Gasteiger partial charge in [0.1, 0.15) is 0 Å². The molecule has 1 heteroatoms. The van der Waals surface area contributed by atoms with Crippen LogP contribution in [0.3, 0.4) is 0 Å². The summed E-state index contributed by atoms with van der Waals surface area (Å²) >= 11 is 0. The summed E-state index contributed by atoms with van der Waals surface area (Å²) in [6, 6.07) is 9.00. The third-order valence-electron chi connectivity index (χ3n) is 2.47. The smallest absolute Gasteiger partial charge is 0.0329 e. The van der Waals surface area contributed by atoms with Crippen LogP contribution in [0.25, 0.3) is 0 Å². The third-order valence-corrected chi connectivity index (χ3v) is 2.47. The van der Waals surface area contributed by atoms with E-state index in [0.29, 0.717) is 6.04 Å². The molecule has 1 atom stereocenters. The van der Waals surface area contributed by atoms with Gasteiger partial charge in [-0.3, -0.25) is 0 Å². The van der Waals surface area contributed by atoms with E-state index in [1.54, 1.807) is 0 Å². The van der Waals surface area contributed by atoms with E-state index >= 15 is 0 Å². The molecule has 0 amide bonds. The predicted molar refractivity (Wildman–Crippen MR) is 65.7 cm³/mol. The van der Waals surface area contributed by atoms with E-state index in [4.69, 9.17) is 6.42 Å². The van der Waals surface area contributed by atoms with Gasteiger partial charge in [0.2, 0.25) is 0 Å². The van der Waals surface area contributed by atoms with Crippen LogP contribution in [0.5, 0.6) is 0 Å². The summed E-state index contributed by atoms with van der Waals surface area (Å²) < 4.78 is 0. The molecule has 0 heterocycles. The molecule has 0 bridgehead atoms. The predicted octanol–water partition coefficient (Wildman–Crippen LogP) is 3.06. The highest BCUT2D eigenvalue weighted by Crippen LogP contribution is 2.19. The van der Waals surface area contributed by atoms with E-state index in [1.165, 1.54) is 11.1 Å². The first kappa shape index (κ1) is 11.8. The van der Waals surface area contributed by atoms with Gasteiger partial charge in [0.05, 0.1) is 0 Å². The number of nitrogens with one attached hydrogen (secondary N) is 1. The Bertz CT molecular complexity index is 335. The van der Waals surface area contributed by atoms with Gasteiger partial charge in [-0.05, 0) is 25.5 Å². The van der Waals surface area contributed by atoms with Crippen molar-refractivity contribution in [3.05, 3.63) is 35.4 Å². The van der Waals surface area contributed by atoms with Crippen molar-refractivity contribution in [3.63, 3.8) is 0 Å². The Morgan fingerprint density at radius 3 is 2.87 bits per heavy atom. The standard InChI is InChI=1S/C14H19N/c1-4-6-10-14(15-5-2)13-9-7-8-12(3)11-13/h1,7-9,11,14-15H,5-6,10H2,2-3H3. The van der Waals surface area contributed by atoms with Gasteiger partial charge in [-0.1, -0.05) is 36.8 Å². The molecular weight excluding hydrogens is 182 g/mol. The van der Waals surface area contributed by atoms with Crippen molar-refractivity contribution in [1.82, 2.24) is 5.32 Å². The molecule has 1 unspecified atom stereocenters. The average Bonchev–Trinajstić information content (AvgIpc) is 2.24. The normalized spacial score (nSPS) is 12.1. The van der Waals surface area contributed by atoms with Crippen LogP contribution in [-0.2, 0) is 0 Å². The number of rotatable bonds is 5. The lowest BCUT2D eigenvalue weighted by Crippen LogP contribution is -2.20. The summed E-state index contributed by atoms with van der Waals surface area (Å²) in [5.41, 5.74) is 2.64. The molecule has 0 spiro atoms. The maximum absolute atomic E-state index is 5.30. The number of terminal acetylenes is 1. The molecule has 0 aliphatic rings. The highest BCUT2D eigenvalue weighted by Gasteiger charge is 2.08. The zero-order valence-corrected chi connectivity index (χ0v) is 9.59. The Balaban J connectivity index is 2.74. The van der Waals surface area contributed by atoms with Crippen molar-refractivity contribution >= 4 is 0 Å². The van der Waals surface area contributed by atoms with E-state index < -0.39 is 0 Å². The van der Waals surface area contributed by atoms with Crippen molar-refractivity contribution in [2.45, 2.75) is 32.7 Å². The Morgan fingerprint density at radius 1 is 1.47 bits per heavy atom. The first-order chi connectivity index (χ1) is 7.27. The van der Waals surface area contributed by atoms with Crippen LogP contribution in [0.2, 0.25) is 0 Å². The minimum Gasteiger partial charge on any atom is -0.310 e. The maximum atomic E-state index is 5.30. The molecule has 0 saturated heterocycles. The third kappa shape index (κ3) is 3.77. The lowest BCUT2D eigenvalue weighted by molar-refractivity contribution is 0.522. The van der Waals surface area contributed by atoms with E-state index in [0.717, 1.165) is 19.4 Å². The van der Waals surface area contributed by atoms with Gasteiger partial charge in [0.15, 0.2) is 0 Å². The van der Waals surface area contributed by atoms with Crippen molar-refractivity contribution in [3.8, 4) is 12.3 Å². The summed E-state index contributed by atoms with van der Waals surface area (Å²) in [5.74, 6) is 2.70. The van der Waals surface area contributed by atoms with Crippen molar-refractivity contribution < 1.29 is 0 Å². The second-order valence-electron chi connectivity index (χ2n) is 3.77. The number of benzene rings is 1. The van der Waals surface area contributed by atoms with Crippen LogP contribution in [0.15, 0.2) is 24.3 Å². The Morgan fingerprint density at radius 2 is 2.27 bits per heavy atom. The summed E-state index contributed by atoms with van der Waals surface area (Å²) in [6.45, 7) is 5.22. The molecule has 0 fully saturated rings. The number of hydrogen-bond donors (Lipinski definition) is 1. The average molecular weight is 201 g/mol. The molecule has 0 radical (unpaired) electrons. The molecule has 1 aromatic rings. The van der Waals surface area contributed by atoms with Crippen LogP contribution in [0, 0.1) is 19.3 Å². The Labute approximate surface area is 92.9 Å². The molecule has 0 aromatic heterocycles. The molecule has 15 heavy (non-hydrogen) atoms. The van der Waals surface area contributed by atoms with Gasteiger partial charge in [-0.15, -0.1) is 12.3 Å². The lowest BCUT2D eigenvalue weighted by atomic mass is 10.0. The maximum Gasteiger partial charge on any atom is 0.0329 e. The molecule has 1 N–H and O–H groups in total. The van der Waals surface area contributed by atoms with E-state index in [2.05, 4.69) is 49.4 Å². The fourth-order valence-corrected chi connectivity index (χ4v) is 1.75. The van der Waals surface area contributed by atoms with Gasteiger partial charge in [0.25, 0.3) is 0 Å². The summed E-state index contributed by atoms with van der Waals surface area (Å²) in [5, 5.41) is 3.47. The van der Waals surface area contributed by atoms with Gasteiger partial charge in [-0.2, -0.15) is 0 Å². The Hall–Kier alpha value is -1.26. The SMILES string of the molecule is C#CCCC(NCC)c1cccc(C)c1. The van der Waals surface area contributed by atoms with E-state index in [-0.39, 0.29) is 0 Å². The zero-order chi connectivity index (χ0) is 11.1. The van der Waals surface area contributed by atoms with Gasteiger partial charge >= 0.3 is 0 Å². The second-order valence-corrected chi connectivity index (χ2v) is 3.77. The van der Waals surface area contributed by atoms with Crippen molar-refractivity contribution in [2.24, 2.45) is 0 Å². The summed E-state index contributed by atoms with van der Waals surface area (Å²) in [7, 11) is 0. The minimum absolute atomic E-state index is 0.394. The lowest BCUT2D eigenvalue weighted by Gasteiger charge is -2.17. The molecule has 80 valence electrons. The molecular formula is C14H19N. The topological polar surface area (TPSA) is 12.0 Å². The number of aryl methyl sites for hydroxylation is 1. The molecule has 0 aliphatic heterocycles. The van der Waals surface area contributed by atoms with Gasteiger partial charge in [0, 0.05) is 12.5 Å². The van der Waals surface area contributed by atoms with Crippen LogP contribution in [-0.4, -0.2) is 6.54 Å². The fourth-order valence-electron chi connectivity index (χ4n) is 1.75. The van der Waals surface area contributed by atoms with E-state index in [1.807, 2.05) is 0 Å². The molecule has 1 rings (SSSR count). The first-order valence-corrected chi connectivity index (χ1v) is 5.51. The fraction of sp³-hybridized carbons (Fsp3) is 0.429. The minimum atomic E-state index is 0.394. The van der Waals surface area contributed by atoms with Crippen LogP contribution >= 0.6 is 0 Å². The molecule has 1 nitrogen and oxygen atoms in total. The van der Waals surface area contributed by atoms with Crippen molar-refractivity contribution in [1.29, 1.82) is 0 Å². The van der Waals surface area contributed by atoms with Gasteiger partial charge < -0.3 is 5.32 Å². The monoisotopic (exact) mass is 201 g/mol. The van der Waals surface area contributed by atoms with Gasteiger partial charge in [-0.25, -0.2) is 0 Å². The largest absolute Gasteiger partial charge is 0.310 e. The second kappa shape index (κ2) is 6.27. The molecule has 1 aromatic carbocycles. The van der Waals surface area contributed by atoms with Crippen LogP contribution in [0.4, 0.5) is 0 Å². The van der Waals surface area contributed by atoms with E-state index in [9.17, 15) is 0 Å².